The molecule has 0 aliphatic carbocycles. The Morgan fingerprint density at radius 2 is 1.95 bits per heavy atom. The van der Waals surface area contributed by atoms with Crippen LogP contribution in [-0.2, 0) is 0 Å². The molecule has 3 aromatic rings. The van der Waals surface area contributed by atoms with Gasteiger partial charge in [0.25, 0.3) is 5.91 Å². The predicted molar refractivity (Wildman–Crippen MR) is 85.5 cm³/mol. The summed E-state index contributed by atoms with van der Waals surface area (Å²) in [7, 11) is 0. The van der Waals surface area contributed by atoms with Crippen molar-refractivity contribution in [1.29, 1.82) is 0 Å². The summed E-state index contributed by atoms with van der Waals surface area (Å²) in [4.78, 5) is 16.6. The molecule has 0 saturated heterocycles. The van der Waals surface area contributed by atoms with E-state index in [1.807, 2.05) is 18.2 Å². The van der Waals surface area contributed by atoms with Crippen LogP contribution in [-0.4, -0.2) is 16.0 Å². The van der Waals surface area contributed by atoms with Crippen molar-refractivity contribution in [3.8, 4) is 5.75 Å². The maximum absolute atomic E-state index is 12.2. The number of anilines is 1. The molecule has 0 bridgehead atoms. The van der Waals surface area contributed by atoms with E-state index in [4.69, 9.17) is 0 Å². The average molecular weight is 343 g/mol. The first kappa shape index (κ1) is 13.6. The fraction of sp³-hybridized carbons (Fsp3) is 0. The second-order valence-corrected chi connectivity index (χ2v) is 5.45. The minimum atomic E-state index is -0.289. The van der Waals surface area contributed by atoms with Crippen molar-refractivity contribution in [2.24, 2.45) is 0 Å². The summed E-state index contributed by atoms with van der Waals surface area (Å²) in [5.74, 6) is -0.231. The molecule has 1 aromatic heterocycles. The monoisotopic (exact) mass is 342 g/mol. The SMILES string of the molecule is O=C(Nc1cccc2cc(Br)cnc12)c1cccc(O)c1. The standard InChI is InChI=1S/C16H11BrN2O2/c17-12-7-10-3-2-6-14(15(10)18-9-12)19-16(21)11-4-1-5-13(20)8-11/h1-9,20H,(H,19,21). The summed E-state index contributed by atoms with van der Waals surface area (Å²) in [6.45, 7) is 0. The van der Waals surface area contributed by atoms with Crippen LogP contribution in [0, 0.1) is 0 Å². The molecule has 21 heavy (non-hydrogen) atoms. The van der Waals surface area contributed by atoms with E-state index in [0.717, 1.165) is 9.86 Å². The predicted octanol–water partition coefficient (Wildman–Crippen LogP) is 3.96. The number of fused-ring (bicyclic) bond motifs is 1. The van der Waals surface area contributed by atoms with Crippen molar-refractivity contribution >= 4 is 38.4 Å². The minimum absolute atomic E-state index is 0.0580. The van der Waals surface area contributed by atoms with E-state index in [1.54, 1.807) is 24.4 Å². The third kappa shape index (κ3) is 2.87. The van der Waals surface area contributed by atoms with Gasteiger partial charge in [-0.25, -0.2) is 0 Å². The van der Waals surface area contributed by atoms with Gasteiger partial charge in [-0.15, -0.1) is 0 Å². The molecule has 0 radical (unpaired) electrons. The number of rotatable bonds is 2. The second-order valence-electron chi connectivity index (χ2n) is 4.54. The highest BCUT2D eigenvalue weighted by atomic mass is 79.9. The number of halogens is 1. The number of para-hydroxylation sites is 1. The van der Waals surface area contributed by atoms with Crippen molar-refractivity contribution in [1.82, 2.24) is 4.98 Å². The summed E-state index contributed by atoms with van der Waals surface area (Å²) >= 11 is 3.37. The number of hydrogen-bond donors (Lipinski definition) is 2. The number of carbonyl (C=O) groups is 1. The van der Waals surface area contributed by atoms with Crippen LogP contribution in [0.15, 0.2) is 59.2 Å². The van der Waals surface area contributed by atoms with Gasteiger partial charge >= 0.3 is 0 Å². The van der Waals surface area contributed by atoms with E-state index in [2.05, 4.69) is 26.2 Å². The number of benzene rings is 2. The molecule has 2 N–H and O–H groups in total. The van der Waals surface area contributed by atoms with Crippen molar-refractivity contribution in [3.05, 3.63) is 64.8 Å². The van der Waals surface area contributed by atoms with Gasteiger partial charge in [-0.05, 0) is 46.3 Å². The van der Waals surface area contributed by atoms with Crippen LogP contribution in [0.25, 0.3) is 10.9 Å². The van der Waals surface area contributed by atoms with E-state index >= 15 is 0 Å². The Kier molecular flexibility index (Phi) is 3.58. The van der Waals surface area contributed by atoms with Gasteiger partial charge in [-0.3, -0.25) is 9.78 Å². The molecule has 1 amide bonds. The van der Waals surface area contributed by atoms with Crippen LogP contribution in [0.1, 0.15) is 10.4 Å². The van der Waals surface area contributed by atoms with Gasteiger partial charge < -0.3 is 10.4 Å². The van der Waals surface area contributed by atoms with Gasteiger partial charge in [-0.2, -0.15) is 0 Å². The maximum atomic E-state index is 12.2. The maximum Gasteiger partial charge on any atom is 0.255 e. The van der Waals surface area contributed by atoms with Gasteiger partial charge in [0.05, 0.1) is 11.2 Å². The zero-order chi connectivity index (χ0) is 14.8. The first-order valence-electron chi connectivity index (χ1n) is 6.28. The van der Waals surface area contributed by atoms with Crippen LogP contribution in [0.4, 0.5) is 5.69 Å². The first-order chi connectivity index (χ1) is 10.1. The Balaban J connectivity index is 1.96. The van der Waals surface area contributed by atoms with Crippen LogP contribution in [0.5, 0.6) is 5.75 Å². The van der Waals surface area contributed by atoms with Crippen molar-refractivity contribution in [2.45, 2.75) is 0 Å². The zero-order valence-electron chi connectivity index (χ0n) is 10.9. The molecule has 3 rings (SSSR count). The van der Waals surface area contributed by atoms with E-state index in [0.29, 0.717) is 16.8 Å². The van der Waals surface area contributed by atoms with E-state index < -0.39 is 0 Å². The molecule has 0 unspecified atom stereocenters. The van der Waals surface area contributed by atoms with Gasteiger partial charge in [0.2, 0.25) is 0 Å². The highest BCUT2D eigenvalue weighted by molar-refractivity contribution is 9.10. The molecule has 0 fully saturated rings. The molecule has 5 heteroatoms. The lowest BCUT2D eigenvalue weighted by molar-refractivity contribution is 0.102. The largest absolute Gasteiger partial charge is 0.508 e. The normalized spacial score (nSPS) is 10.5. The summed E-state index contributed by atoms with van der Waals surface area (Å²) in [5, 5.41) is 13.2. The van der Waals surface area contributed by atoms with E-state index in [9.17, 15) is 9.90 Å². The van der Waals surface area contributed by atoms with Crippen molar-refractivity contribution in [2.75, 3.05) is 5.32 Å². The van der Waals surface area contributed by atoms with E-state index in [-0.39, 0.29) is 11.7 Å². The minimum Gasteiger partial charge on any atom is -0.508 e. The number of nitrogens with one attached hydrogen (secondary N) is 1. The van der Waals surface area contributed by atoms with Crippen molar-refractivity contribution in [3.63, 3.8) is 0 Å². The summed E-state index contributed by atoms with van der Waals surface area (Å²) in [6, 6.07) is 13.7. The van der Waals surface area contributed by atoms with Crippen LogP contribution >= 0.6 is 15.9 Å². The number of phenolic OH excluding ortho intramolecular Hbond substituents is 1. The Bertz CT molecular complexity index is 833. The van der Waals surface area contributed by atoms with Gasteiger partial charge in [-0.1, -0.05) is 18.2 Å². The van der Waals surface area contributed by atoms with Crippen LogP contribution in [0.2, 0.25) is 0 Å². The quantitative estimate of drug-likeness (QED) is 0.741. The molecule has 0 spiro atoms. The number of carbonyl (C=O) groups excluding carboxylic acids is 1. The number of aromatic nitrogens is 1. The number of hydrogen-bond acceptors (Lipinski definition) is 3. The van der Waals surface area contributed by atoms with Crippen molar-refractivity contribution < 1.29 is 9.90 Å². The van der Waals surface area contributed by atoms with Gasteiger partial charge in [0.1, 0.15) is 5.75 Å². The fourth-order valence-electron chi connectivity index (χ4n) is 2.08. The highest BCUT2D eigenvalue weighted by Gasteiger charge is 2.09. The highest BCUT2D eigenvalue weighted by Crippen LogP contribution is 2.24. The average Bonchev–Trinajstić information content (AvgIpc) is 2.47. The van der Waals surface area contributed by atoms with Gasteiger partial charge in [0.15, 0.2) is 0 Å². The lowest BCUT2D eigenvalue weighted by Crippen LogP contribution is -2.12. The molecule has 2 aromatic carbocycles. The fourth-order valence-corrected chi connectivity index (χ4v) is 2.43. The van der Waals surface area contributed by atoms with Gasteiger partial charge in [0, 0.05) is 21.6 Å². The summed E-state index contributed by atoms with van der Waals surface area (Å²) in [5.41, 5.74) is 1.74. The lowest BCUT2D eigenvalue weighted by atomic mass is 10.1. The first-order valence-corrected chi connectivity index (χ1v) is 7.07. The Morgan fingerprint density at radius 1 is 1.14 bits per heavy atom. The molecule has 0 atom stereocenters. The Labute approximate surface area is 129 Å². The molecule has 4 nitrogen and oxygen atoms in total. The number of amides is 1. The number of phenols is 1. The molecule has 104 valence electrons. The number of pyridine rings is 1. The Hall–Kier alpha value is -2.40. The topological polar surface area (TPSA) is 62.2 Å². The molecular formula is C16H11BrN2O2. The lowest BCUT2D eigenvalue weighted by Gasteiger charge is -2.08. The smallest absolute Gasteiger partial charge is 0.255 e. The number of aromatic hydroxyl groups is 1. The zero-order valence-corrected chi connectivity index (χ0v) is 12.5. The molecule has 1 heterocycles. The second kappa shape index (κ2) is 5.54. The number of nitrogens with zero attached hydrogens (tertiary/aromatic N) is 1. The molecular weight excluding hydrogens is 332 g/mol. The summed E-state index contributed by atoms with van der Waals surface area (Å²) < 4.78 is 0.881. The van der Waals surface area contributed by atoms with Crippen LogP contribution in [0.3, 0.4) is 0 Å². The molecule has 0 aliphatic heterocycles. The third-order valence-corrected chi connectivity index (χ3v) is 3.47. The van der Waals surface area contributed by atoms with Crippen LogP contribution < -0.4 is 5.32 Å². The Morgan fingerprint density at radius 3 is 2.76 bits per heavy atom. The molecule has 0 aliphatic rings. The summed E-state index contributed by atoms with van der Waals surface area (Å²) in [6.07, 6.45) is 1.69. The third-order valence-electron chi connectivity index (χ3n) is 3.03. The van der Waals surface area contributed by atoms with E-state index in [1.165, 1.54) is 12.1 Å². The molecule has 0 saturated carbocycles.